The third-order valence-corrected chi connectivity index (χ3v) is 4.92. The monoisotopic (exact) mass is 274 g/mol. The van der Waals surface area contributed by atoms with Crippen LogP contribution in [-0.4, -0.2) is 42.4 Å². The maximum atomic E-state index is 12.3. The zero-order valence-electron chi connectivity index (χ0n) is 10.9. The average Bonchev–Trinajstić information content (AvgIpc) is 2.55. The minimum atomic E-state index is -3.64. The molecule has 1 aromatic heterocycles. The molecule has 1 heterocycles. The van der Waals surface area contributed by atoms with E-state index in [1.54, 1.807) is 6.92 Å². The first-order valence-corrected chi connectivity index (χ1v) is 7.06. The van der Waals surface area contributed by atoms with Crippen molar-refractivity contribution in [3.63, 3.8) is 0 Å². The van der Waals surface area contributed by atoms with Gasteiger partial charge >= 0.3 is 5.97 Å². The molecular formula is C11H18N2O4S. The first-order chi connectivity index (χ1) is 8.23. The summed E-state index contributed by atoms with van der Waals surface area (Å²) in [6, 6.07) is 0. The second kappa shape index (κ2) is 5.11. The summed E-state index contributed by atoms with van der Waals surface area (Å²) >= 11 is 0. The molecule has 1 rings (SSSR count). The first-order valence-electron chi connectivity index (χ1n) is 5.62. The number of nitrogens with one attached hydrogen (secondary N) is 1. The topological polar surface area (TPSA) is 90.5 Å². The summed E-state index contributed by atoms with van der Waals surface area (Å²) in [4.78, 5) is 13.6. The molecule has 0 aromatic carbocycles. The maximum absolute atomic E-state index is 12.3. The molecule has 6 nitrogen and oxygen atoms in total. The maximum Gasteiger partial charge on any atom is 0.352 e. The molecule has 7 heteroatoms. The number of carbonyl (C=O) groups is 1. The van der Waals surface area contributed by atoms with Crippen molar-refractivity contribution in [3.05, 3.63) is 17.0 Å². The van der Waals surface area contributed by atoms with Crippen LogP contribution in [0.3, 0.4) is 0 Å². The van der Waals surface area contributed by atoms with E-state index in [4.69, 9.17) is 5.11 Å². The molecule has 2 N–H and O–H groups in total. The molecule has 0 aliphatic heterocycles. The lowest BCUT2D eigenvalue weighted by Crippen LogP contribution is -2.28. The number of aromatic amines is 1. The van der Waals surface area contributed by atoms with E-state index in [0.29, 0.717) is 18.7 Å². The van der Waals surface area contributed by atoms with Crippen LogP contribution in [0, 0.1) is 13.8 Å². The van der Waals surface area contributed by atoms with Crippen molar-refractivity contribution in [3.8, 4) is 0 Å². The van der Waals surface area contributed by atoms with Crippen molar-refractivity contribution in [2.75, 3.05) is 13.6 Å². The Labute approximate surface area is 107 Å². The lowest BCUT2D eigenvalue weighted by molar-refractivity contribution is 0.0690. The van der Waals surface area contributed by atoms with Gasteiger partial charge in [0.05, 0.1) is 0 Å². The van der Waals surface area contributed by atoms with Crippen LogP contribution in [0.2, 0.25) is 0 Å². The Bertz CT molecular complexity index is 560. The number of sulfonamides is 1. The van der Waals surface area contributed by atoms with Gasteiger partial charge in [-0.1, -0.05) is 6.92 Å². The van der Waals surface area contributed by atoms with Crippen LogP contribution < -0.4 is 0 Å². The molecule has 18 heavy (non-hydrogen) atoms. The molecule has 0 atom stereocenters. The molecule has 0 unspecified atom stereocenters. The van der Waals surface area contributed by atoms with Crippen molar-refractivity contribution in [2.45, 2.75) is 32.1 Å². The summed E-state index contributed by atoms with van der Waals surface area (Å²) in [6.45, 7) is 5.34. The number of carboxylic acids is 1. The number of carboxylic acid groups (broad SMARTS) is 1. The van der Waals surface area contributed by atoms with Gasteiger partial charge in [0.25, 0.3) is 0 Å². The highest BCUT2D eigenvalue weighted by Crippen LogP contribution is 2.25. The van der Waals surface area contributed by atoms with Gasteiger partial charge in [-0.05, 0) is 20.3 Å². The molecule has 0 spiro atoms. The molecule has 0 aliphatic carbocycles. The Hall–Kier alpha value is -1.34. The Morgan fingerprint density at radius 3 is 2.33 bits per heavy atom. The first kappa shape index (κ1) is 14.7. The summed E-state index contributed by atoms with van der Waals surface area (Å²) in [5, 5.41) is 8.97. The number of hydrogen-bond donors (Lipinski definition) is 2. The van der Waals surface area contributed by atoms with Gasteiger partial charge < -0.3 is 10.1 Å². The Balaban J connectivity index is 3.38. The van der Waals surface area contributed by atoms with Gasteiger partial charge in [0.2, 0.25) is 10.0 Å². The summed E-state index contributed by atoms with van der Waals surface area (Å²) < 4.78 is 25.9. The van der Waals surface area contributed by atoms with Crippen molar-refractivity contribution in [1.29, 1.82) is 0 Å². The van der Waals surface area contributed by atoms with Crippen LogP contribution in [-0.2, 0) is 10.0 Å². The fourth-order valence-electron chi connectivity index (χ4n) is 1.92. The highest BCUT2D eigenvalue weighted by Gasteiger charge is 2.29. The Morgan fingerprint density at radius 1 is 1.39 bits per heavy atom. The number of H-pyrrole nitrogens is 1. The fraction of sp³-hybridized carbons (Fsp3) is 0.545. The van der Waals surface area contributed by atoms with Crippen LogP contribution in [0.5, 0.6) is 0 Å². The molecule has 102 valence electrons. The minimum absolute atomic E-state index is 0.0656. The van der Waals surface area contributed by atoms with E-state index in [-0.39, 0.29) is 16.2 Å². The predicted molar refractivity (Wildman–Crippen MR) is 67.3 cm³/mol. The van der Waals surface area contributed by atoms with E-state index in [1.807, 2.05) is 6.92 Å². The largest absolute Gasteiger partial charge is 0.477 e. The van der Waals surface area contributed by atoms with Crippen molar-refractivity contribution < 1.29 is 18.3 Å². The zero-order valence-corrected chi connectivity index (χ0v) is 11.8. The van der Waals surface area contributed by atoms with Crippen LogP contribution in [0.4, 0.5) is 0 Å². The number of nitrogens with zero attached hydrogens (tertiary/aromatic N) is 1. The second-order valence-electron chi connectivity index (χ2n) is 4.21. The van der Waals surface area contributed by atoms with Gasteiger partial charge in [0.15, 0.2) is 0 Å². The summed E-state index contributed by atoms with van der Waals surface area (Å²) in [6.07, 6.45) is 0.698. The van der Waals surface area contributed by atoms with Crippen molar-refractivity contribution in [2.24, 2.45) is 0 Å². The molecule has 0 amide bonds. The molecule has 0 saturated carbocycles. The average molecular weight is 274 g/mol. The number of aromatic nitrogens is 1. The van der Waals surface area contributed by atoms with Crippen LogP contribution in [0.15, 0.2) is 4.90 Å². The van der Waals surface area contributed by atoms with E-state index in [2.05, 4.69) is 4.98 Å². The van der Waals surface area contributed by atoms with Crippen molar-refractivity contribution >= 4 is 16.0 Å². The lowest BCUT2D eigenvalue weighted by atomic mass is 10.2. The SMILES string of the molecule is CCCN(C)S(=O)(=O)c1c(C)[nH]c(C(=O)O)c1C. The van der Waals surface area contributed by atoms with Gasteiger partial charge in [-0.25, -0.2) is 17.5 Å². The Morgan fingerprint density at radius 2 is 1.94 bits per heavy atom. The quantitative estimate of drug-likeness (QED) is 0.848. The van der Waals surface area contributed by atoms with Crippen molar-refractivity contribution in [1.82, 2.24) is 9.29 Å². The van der Waals surface area contributed by atoms with E-state index >= 15 is 0 Å². The van der Waals surface area contributed by atoms with E-state index in [1.165, 1.54) is 18.3 Å². The third kappa shape index (κ3) is 2.41. The smallest absolute Gasteiger partial charge is 0.352 e. The predicted octanol–water partition coefficient (Wildman–Crippen LogP) is 1.36. The molecule has 0 aliphatic rings. The molecule has 0 bridgehead atoms. The number of aryl methyl sites for hydroxylation is 1. The van der Waals surface area contributed by atoms with Gasteiger partial charge in [0, 0.05) is 24.8 Å². The summed E-state index contributed by atoms with van der Waals surface area (Å²) in [5.74, 6) is -1.16. The van der Waals surface area contributed by atoms with Gasteiger partial charge in [0.1, 0.15) is 10.6 Å². The van der Waals surface area contributed by atoms with E-state index in [9.17, 15) is 13.2 Å². The minimum Gasteiger partial charge on any atom is -0.477 e. The van der Waals surface area contributed by atoms with Crippen LogP contribution in [0.25, 0.3) is 0 Å². The Kier molecular flexibility index (Phi) is 4.18. The van der Waals surface area contributed by atoms with Crippen LogP contribution in [0.1, 0.15) is 35.1 Å². The number of rotatable bonds is 5. The van der Waals surface area contributed by atoms with Gasteiger partial charge in [-0.2, -0.15) is 0 Å². The molecular weight excluding hydrogens is 256 g/mol. The van der Waals surface area contributed by atoms with Gasteiger partial charge in [-0.15, -0.1) is 0 Å². The van der Waals surface area contributed by atoms with E-state index < -0.39 is 16.0 Å². The highest BCUT2D eigenvalue weighted by molar-refractivity contribution is 7.89. The molecule has 0 fully saturated rings. The lowest BCUT2D eigenvalue weighted by Gasteiger charge is -2.16. The molecule has 1 aromatic rings. The molecule has 0 radical (unpaired) electrons. The van der Waals surface area contributed by atoms with Gasteiger partial charge in [-0.3, -0.25) is 0 Å². The standard InChI is InChI=1S/C11H18N2O4S/c1-5-6-13(4)18(16,17)10-7(2)9(11(14)15)12-8(10)3/h12H,5-6H2,1-4H3,(H,14,15). The summed E-state index contributed by atoms with van der Waals surface area (Å²) in [7, 11) is -2.15. The fourth-order valence-corrected chi connectivity index (χ4v) is 3.59. The normalized spacial score (nSPS) is 12.1. The zero-order chi connectivity index (χ0) is 14.1. The molecule has 0 saturated heterocycles. The summed E-state index contributed by atoms with van der Waals surface area (Å²) in [5.41, 5.74) is 0.534. The number of hydrogen-bond acceptors (Lipinski definition) is 3. The number of aromatic carboxylic acids is 1. The second-order valence-corrected chi connectivity index (χ2v) is 6.19. The van der Waals surface area contributed by atoms with E-state index in [0.717, 1.165) is 0 Å². The highest BCUT2D eigenvalue weighted by atomic mass is 32.2. The van der Waals surface area contributed by atoms with Crippen LogP contribution >= 0.6 is 0 Å². The third-order valence-electron chi connectivity index (χ3n) is 2.79.